The van der Waals surface area contributed by atoms with E-state index >= 15 is 0 Å². The molecule has 1 aromatic carbocycles. The Bertz CT molecular complexity index is 540. The second-order valence-corrected chi connectivity index (χ2v) is 8.37. The summed E-state index contributed by atoms with van der Waals surface area (Å²) >= 11 is 0. The Hall–Kier alpha value is -1.07. The number of sulfonamides is 1. The fraction of sp³-hybridized carbons (Fsp3) is 0.600. The van der Waals surface area contributed by atoms with Gasteiger partial charge in [0, 0.05) is 18.3 Å². The van der Waals surface area contributed by atoms with Gasteiger partial charge in [-0.2, -0.15) is 0 Å². The molecule has 20 heavy (non-hydrogen) atoms. The molecule has 0 heterocycles. The molecular formula is C15H24N2O2S. The first-order valence-electron chi connectivity index (χ1n) is 7.13. The summed E-state index contributed by atoms with van der Waals surface area (Å²) in [6.45, 7) is 7.49. The molecule has 112 valence electrons. The minimum absolute atomic E-state index is 0.143. The molecule has 0 unspecified atom stereocenters. The highest BCUT2D eigenvalue weighted by Crippen LogP contribution is 2.23. The summed E-state index contributed by atoms with van der Waals surface area (Å²) in [7, 11) is -3.34. The molecule has 1 aliphatic rings. The van der Waals surface area contributed by atoms with E-state index in [2.05, 4.69) is 30.8 Å². The van der Waals surface area contributed by atoms with Crippen LogP contribution in [0.2, 0.25) is 0 Å². The lowest BCUT2D eigenvalue weighted by Gasteiger charge is -2.18. The van der Waals surface area contributed by atoms with Crippen LogP contribution in [0.5, 0.6) is 0 Å². The lowest BCUT2D eigenvalue weighted by atomic mass is 9.92. The van der Waals surface area contributed by atoms with Gasteiger partial charge >= 0.3 is 0 Å². The molecule has 0 aliphatic heterocycles. The molecule has 1 saturated carbocycles. The minimum atomic E-state index is -3.34. The third kappa shape index (κ3) is 4.80. The number of hydrogen-bond acceptors (Lipinski definition) is 3. The van der Waals surface area contributed by atoms with Crippen molar-refractivity contribution in [3.05, 3.63) is 24.3 Å². The maximum atomic E-state index is 12.0. The summed E-state index contributed by atoms with van der Waals surface area (Å²) < 4.78 is 26.7. The summed E-state index contributed by atoms with van der Waals surface area (Å²) in [5, 5.41) is 3.32. The highest BCUT2D eigenvalue weighted by molar-refractivity contribution is 7.89. The first kappa shape index (κ1) is 15.3. The first-order chi connectivity index (χ1) is 9.26. The number of anilines is 1. The molecule has 0 saturated heterocycles. The Kier molecular flexibility index (Phi) is 4.39. The summed E-state index contributed by atoms with van der Waals surface area (Å²) in [6, 6.07) is 7.10. The van der Waals surface area contributed by atoms with Crippen molar-refractivity contribution in [2.24, 2.45) is 5.41 Å². The largest absolute Gasteiger partial charge is 0.385 e. The number of hydrogen-bond donors (Lipinski definition) is 2. The van der Waals surface area contributed by atoms with Gasteiger partial charge in [-0.25, -0.2) is 13.1 Å². The minimum Gasteiger partial charge on any atom is -0.385 e. The summed E-state index contributed by atoms with van der Waals surface area (Å²) in [5.74, 6) is 0. The molecule has 4 nitrogen and oxygen atoms in total. The van der Waals surface area contributed by atoms with Gasteiger partial charge in [0.2, 0.25) is 10.0 Å². The van der Waals surface area contributed by atoms with Crippen molar-refractivity contribution >= 4 is 15.7 Å². The van der Waals surface area contributed by atoms with Gasteiger partial charge in [0.1, 0.15) is 0 Å². The molecule has 2 N–H and O–H groups in total. The van der Waals surface area contributed by atoms with Crippen LogP contribution < -0.4 is 10.0 Å². The second kappa shape index (κ2) is 5.74. The summed E-state index contributed by atoms with van der Waals surface area (Å²) in [4.78, 5) is 0.339. The van der Waals surface area contributed by atoms with Gasteiger partial charge in [0.25, 0.3) is 0 Å². The number of rotatable bonds is 6. The van der Waals surface area contributed by atoms with Crippen LogP contribution in [-0.2, 0) is 10.0 Å². The van der Waals surface area contributed by atoms with Gasteiger partial charge in [-0.1, -0.05) is 20.8 Å². The molecular weight excluding hydrogens is 272 g/mol. The molecule has 0 bridgehead atoms. The van der Waals surface area contributed by atoms with Gasteiger partial charge in [-0.05, 0) is 48.9 Å². The Morgan fingerprint density at radius 1 is 1.15 bits per heavy atom. The van der Waals surface area contributed by atoms with Crippen LogP contribution in [-0.4, -0.2) is 21.0 Å². The normalized spacial score (nSPS) is 16.1. The van der Waals surface area contributed by atoms with E-state index < -0.39 is 10.0 Å². The highest BCUT2D eigenvalue weighted by atomic mass is 32.2. The molecule has 1 aliphatic carbocycles. The van der Waals surface area contributed by atoms with Gasteiger partial charge in [-0.3, -0.25) is 0 Å². The van der Waals surface area contributed by atoms with Crippen molar-refractivity contribution in [3.8, 4) is 0 Å². The van der Waals surface area contributed by atoms with Crippen LogP contribution in [0.4, 0.5) is 5.69 Å². The van der Waals surface area contributed by atoms with E-state index in [4.69, 9.17) is 0 Å². The molecule has 0 spiro atoms. The van der Waals surface area contributed by atoms with Crippen LogP contribution in [0.3, 0.4) is 0 Å². The predicted molar refractivity (Wildman–Crippen MR) is 82.3 cm³/mol. The van der Waals surface area contributed by atoms with E-state index in [9.17, 15) is 8.42 Å². The molecule has 0 atom stereocenters. The van der Waals surface area contributed by atoms with Crippen LogP contribution in [0, 0.1) is 5.41 Å². The molecule has 5 heteroatoms. The van der Waals surface area contributed by atoms with Gasteiger partial charge in [0.15, 0.2) is 0 Å². The lowest BCUT2D eigenvalue weighted by molar-refractivity contribution is 0.390. The Morgan fingerprint density at radius 2 is 1.75 bits per heavy atom. The Balaban J connectivity index is 1.92. The molecule has 1 fully saturated rings. The van der Waals surface area contributed by atoms with Crippen LogP contribution in [0.25, 0.3) is 0 Å². The standard InChI is InChI=1S/C15H24N2O2S/c1-15(2,3)10-11-16-12-6-8-14(9-7-12)20(18,19)17-13-4-5-13/h6-9,13,16-17H,4-5,10-11H2,1-3H3. The smallest absolute Gasteiger partial charge is 0.240 e. The third-order valence-electron chi connectivity index (χ3n) is 3.27. The van der Waals surface area contributed by atoms with E-state index in [1.54, 1.807) is 12.1 Å². The van der Waals surface area contributed by atoms with Crippen LogP contribution in [0.1, 0.15) is 40.0 Å². The zero-order valence-corrected chi connectivity index (χ0v) is 13.3. The van der Waals surface area contributed by atoms with Crippen molar-refractivity contribution in [1.82, 2.24) is 4.72 Å². The maximum absolute atomic E-state index is 12.0. The number of benzene rings is 1. The maximum Gasteiger partial charge on any atom is 0.240 e. The lowest BCUT2D eigenvalue weighted by Crippen LogP contribution is -2.25. The third-order valence-corrected chi connectivity index (χ3v) is 4.80. The summed E-state index contributed by atoms with van der Waals surface area (Å²) in [6.07, 6.45) is 2.97. The van der Waals surface area contributed by atoms with Crippen LogP contribution >= 0.6 is 0 Å². The average Bonchev–Trinajstić information content (AvgIpc) is 3.11. The Morgan fingerprint density at radius 3 is 2.25 bits per heavy atom. The zero-order chi connectivity index (χ0) is 14.8. The van der Waals surface area contributed by atoms with E-state index in [0.29, 0.717) is 10.3 Å². The van der Waals surface area contributed by atoms with Gasteiger partial charge < -0.3 is 5.32 Å². The average molecular weight is 296 g/mol. The zero-order valence-electron chi connectivity index (χ0n) is 12.4. The highest BCUT2D eigenvalue weighted by Gasteiger charge is 2.27. The van der Waals surface area contributed by atoms with Crippen molar-refractivity contribution in [1.29, 1.82) is 0 Å². The van der Waals surface area contributed by atoms with E-state index in [0.717, 1.165) is 31.5 Å². The van der Waals surface area contributed by atoms with Gasteiger partial charge in [-0.15, -0.1) is 0 Å². The predicted octanol–water partition coefficient (Wildman–Crippen LogP) is 2.98. The SMILES string of the molecule is CC(C)(C)CCNc1ccc(S(=O)(=O)NC2CC2)cc1. The fourth-order valence-corrected chi connectivity index (χ4v) is 3.13. The van der Waals surface area contributed by atoms with Gasteiger partial charge in [0.05, 0.1) is 4.90 Å². The van der Waals surface area contributed by atoms with E-state index in [1.165, 1.54) is 0 Å². The monoisotopic (exact) mass is 296 g/mol. The fourth-order valence-electron chi connectivity index (χ4n) is 1.82. The van der Waals surface area contributed by atoms with Crippen molar-refractivity contribution in [2.45, 2.75) is 51.0 Å². The topological polar surface area (TPSA) is 58.2 Å². The Labute approximate surface area is 122 Å². The summed E-state index contributed by atoms with van der Waals surface area (Å²) in [5.41, 5.74) is 1.25. The van der Waals surface area contributed by atoms with Crippen molar-refractivity contribution in [2.75, 3.05) is 11.9 Å². The molecule has 0 amide bonds. The van der Waals surface area contributed by atoms with Crippen LogP contribution in [0.15, 0.2) is 29.2 Å². The molecule has 1 aromatic rings. The molecule has 0 radical (unpaired) electrons. The molecule has 0 aromatic heterocycles. The van der Waals surface area contributed by atoms with E-state index in [-0.39, 0.29) is 6.04 Å². The number of nitrogens with one attached hydrogen (secondary N) is 2. The van der Waals surface area contributed by atoms with E-state index in [1.807, 2.05) is 12.1 Å². The first-order valence-corrected chi connectivity index (χ1v) is 8.61. The second-order valence-electron chi connectivity index (χ2n) is 6.66. The molecule has 2 rings (SSSR count). The van der Waals surface area contributed by atoms with Crippen molar-refractivity contribution < 1.29 is 8.42 Å². The van der Waals surface area contributed by atoms with Crippen molar-refractivity contribution in [3.63, 3.8) is 0 Å². The quantitative estimate of drug-likeness (QED) is 0.848.